The van der Waals surface area contributed by atoms with Crippen LogP contribution in [0, 0.1) is 0 Å². The fraction of sp³-hybridized carbons (Fsp3) is 0.286. The fourth-order valence-corrected chi connectivity index (χ4v) is 1.89. The molecule has 0 bridgehead atoms. The molecule has 100 valence electrons. The molecule has 2 aromatic rings. The first-order valence-corrected chi connectivity index (χ1v) is 5.99. The van der Waals surface area contributed by atoms with Gasteiger partial charge in [0.2, 0.25) is 5.78 Å². The van der Waals surface area contributed by atoms with Crippen LogP contribution in [0.5, 0.6) is 11.5 Å². The van der Waals surface area contributed by atoms with Gasteiger partial charge in [-0.1, -0.05) is 0 Å². The van der Waals surface area contributed by atoms with E-state index in [1.165, 1.54) is 7.11 Å². The Balaban J connectivity index is 2.48. The highest BCUT2D eigenvalue weighted by molar-refractivity contribution is 6.08. The largest absolute Gasteiger partial charge is 0.497 e. The average Bonchev–Trinajstić information content (AvgIpc) is 2.94. The Morgan fingerprint density at radius 1 is 1.32 bits per heavy atom. The van der Waals surface area contributed by atoms with Crippen LogP contribution in [-0.4, -0.2) is 29.6 Å². The molecule has 0 unspecified atom stereocenters. The summed E-state index contributed by atoms with van der Waals surface area (Å²) in [5.41, 5.74) is 0.447. The summed E-state index contributed by atoms with van der Waals surface area (Å²) in [5.74, 6) is 1.34. The van der Waals surface area contributed by atoms with E-state index in [4.69, 9.17) is 9.47 Å². The maximum Gasteiger partial charge on any atom is 0.232 e. The lowest BCUT2D eigenvalue weighted by Gasteiger charge is -2.10. The highest BCUT2D eigenvalue weighted by Crippen LogP contribution is 2.26. The second kappa shape index (κ2) is 5.56. The topological polar surface area (TPSA) is 53.4 Å². The Labute approximate surface area is 111 Å². The second-order valence-electron chi connectivity index (χ2n) is 3.93. The normalized spacial score (nSPS) is 10.3. The molecular weight excluding hydrogens is 244 g/mol. The van der Waals surface area contributed by atoms with Gasteiger partial charge in [-0.2, -0.15) is 0 Å². The van der Waals surface area contributed by atoms with Crippen molar-refractivity contribution in [1.82, 2.24) is 9.55 Å². The number of methoxy groups -OCH3 is 2. The highest BCUT2D eigenvalue weighted by atomic mass is 16.5. The SMILES string of the molecule is CCn1ccnc1C(=O)c1cc(OC)ccc1OC. The summed E-state index contributed by atoms with van der Waals surface area (Å²) in [6.45, 7) is 2.65. The van der Waals surface area contributed by atoms with Gasteiger partial charge in [0, 0.05) is 18.9 Å². The number of nitrogens with zero attached hydrogens (tertiary/aromatic N) is 2. The zero-order valence-corrected chi connectivity index (χ0v) is 11.2. The van der Waals surface area contributed by atoms with Crippen LogP contribution in [0.4, 0.5) is 0 Å². The number of carbonyl (C=O) groups excluding carboxylic acids is 1. The third kappa shape index (κ3) is 2.45. The Morgan fingerprint density at radius 2 is 2.11 bits per heavy atom. The van der Waals surface area contributed by atoms with Gasteiger partial charge in [-0.05, 0) is 25.1 Å². The van der Waals surface area contributed by atoms with Gasteiger partial charge in [0.15, 0.2) is 5.82 Å². The first-order chi connectivity index (χ1) is 9.21. The fourth-order valence-electron chi connectivity index (χ4n) is 1.89. The molecule has 1 aromatic heterocycles. The molecule has 0 fully saturated rings. The summed E-state index contributed by atoms with van der Waals surface area (Å²) in [6, 6.07) is 5.13. The number of imidazole rings is 1. The van der Waals surface area contributed by atoms with E-state index >= 15 is 0 Å². The second-order valence-corrected chi connectivity index (χ2v) is 3.93. The molecular formula is C14H16N2O3. The molecule has 0 atom stereocenters. The first-order valence-electron chi connectivity index (χ1n) is 5.99. The van der Waals surface area contributed by atoms with Gasteiger partial charge in [0.1, 0.15) is 11.5 Å². The van der Waals surface area contributed by atoms with Crippen LogP contribution >= 0.6 is 0 Å². The molecule has 0 N–H and O–H groups in total. The third-order valence-corrected chi connectivity index (χ3v) is 2.91. The van der Waals surface area contributed by atoms with E-state index < -0.39 is 0 Å². The number of ether oxygens (including phenoxy) is 2. The van der Waals surface area contributed by atoms with Crippen molar-refractivity contribution in [2.24, 2.45) is 0 Å². The van der Waals surface area contributed by atoms with Gasteiger partial charge in [-0.15, -0.1) is 0 Å². The first kappa shape index (κ1) is 13.1. The van der Waals surface area contributed by atoms with Crippen LogP contribution < -0.4 is 9.47 Å². The van der Waals surface area contributed by atoms with Crippen molar-refractivity contribution in [1.29, 1.82) is 0 Å². The lowest BCUT2D eigenvalue weighted by Crippen LogP contribution is -2.11. The minimum absolute atomic E-state index is 0.178. The lowest BCUT2D eigenvalue weighted by molar-refractivity contribution is 0.102. The Bertz CT molecular complexity index is 590. The van der Waals surface area contributed by atoms with Gasteiger partial charge in [-0.3, -0.25) is 4.79 Å². The summed E-state index contributed by atoms with van der Waals surface area (Å²) in [4.78, 5) is 16.6. The Morgan fingerprint density at radius 3 is 2.74 bits per heavy atom. The summed E-state index contributed by atoms with van der Waals surface area (Å²) < 4.78 is 12.2. The molecule has 0 saturated heterocycles. The van der Waals surface area contributed by atoms with Crippen LogP contribution in [0.2, 0.25) is 0 Å². The molecule has 0 spiro atoms. The van der Waals surface area contributed by atoms with E-state index in [0.717, 1.165) is 0 Å². The van der Waals surface area contributed by atoms with Gasteiger partial charge >= 0.3 is 0 Å². The van der Waals surface area contributed by atoms with Crippen molar-refractivity contribution >= 4 is 5.78 Å². The van der Waals surface area contributed by atoms with E-state index in [1.54, 1.807) is 42.3 Å². The van der Waals surface area contributed by atoms with Crippen molar-refractivity contribution in [2.45, 2.75) is 13.5 Å². The molecule has 0 saturated carbocycles. The van der Waals surface area contributed by atoms with Crippen LogP contribution in [0.25, 0.3) is 0 Å². The number of carbonyl (C=O) groups is 1. The van der Waals surface area contributed by atoms with E-state index in [2.05, 4.69) is 4.98 Å². The van der Waals surface area contributed by atoms with Gasteiger partial charge in [0.25, 0.3) is 0 Å². The summed E-state index contributed by atoms with van der Waals surface area (Å²) in [7, 11) is 3.09. The molecule has 1 aromatic carbocycles. The number of ketones is 1. The van der Waals surface area contributed by atoms with Gasteiger partial charge in [0.05, 0.1) is 19.8 Å². The molecule has 0 radical (unpaired) electrons. The standard InChI is InChI=1S/C14H16N2O3/c1-4-16-8-7-15-14(16)13(17)11-9-10(18-2)5-6-12(11)19-3/h5-9H,4H2,1-3H3. The van der Waals surface area contributed by atoms with Crippen molar-refractivity contribution < 1.29 is 14.3 Å². The number of hydrogen-bond donors (Lipinski definition) is 0. The van der Waals surface area contributed by atoms with E-state index in [1.807, 2.05) is 6.92 Å². The molecule has 0 aliphatic carbocycles. The number of rotatable bonds is 5. The zero-order valence-electron chi connectivity index (χ0n) is 11.2. The maximum absolute atomic E-state index is 12.5. The molecule has 2 rings (SSSR count). The van der Waals surface area contributed by atoms with Crippen molar-refractivity contribution in [3.05, 3.63) is 42.0 Å². The summed E-state index contributed by atoms with van der Waals surface area (Å²) >= 11 is 0. The summed E-state index contributed by atoms with van der Waals surface area (Å²) in [5, 5.41) is 0. The monoisotopic (exact) mass is 260 g/mol. The van der Waals surface area contributed by atoms with E-state index in [9.17, 15) is 4.79 Å². The van der Waals surface area contributed by atoms with Crippen LogP contribution in [0.15, 0.2) is 30.6 Å². The maximum atomic E-state index is 12.5. The predicted molar refractivity (Wildman–Crippen MR) is 70.9 cm³/mol. The number of benzene rings is 1. The molecule has 5 heteroatoms. The predicted octanol–water partition coefficient (Wildman–Crippen LogP) is 2.15. The molecule has 0 amide bonds. The average molecular weight is 260 g/mol. The van der Waals surface area contributed by atoms with Crippen LogP contribution in [-0.2, 0) is 6.54 Å². The molecule has 0 aliphatic heterocycles. The molecule has 5 nitrogen and oxygen atoms in total. The number of aryl methyl sites for hydroxylation is 1. The van der Waals surface area contributed by atoms with Crippen molar-refractivity contribution in [2.75, 3.05) is 14.2 Å². The third-order valence-electron chi connectivity index (χ3n) is 2.91. The number of hydrogen-bond acceptors (Lipinski definition) is 4. The zero-order chi connectivity index (χ0) is 13.8. The van der Waals surface area contributed by atoms with Crippen LogP contribution in [0.3, 0.4) is 0 Å². The van der Waals surface area contributed by atoms with E-state index in [-0.39, 0.29) is 5.78 Å². The summed E-state index contributed by atoms with van der Waals surface area (Å²) in [6.07, 6.45) is 3.39. The van der Waals surface area contributed by atoms with E-state index in [0.29, 0.717) is 29.4 Å². The molecule has 1 heterocycles. The lowest BCUT2D eigenvalue weighted by atomic mass is 10.1. The molecule has 0 aliphatic rings. The van der Waals surface area contributed by atoms with Gasteiger partial charge < -0.3 is 14.0 Å². The molecule has 19 heavy (non-hydrogen) atoms. The smallest absolute Gasteiger partial charge is 0.232 e. The minimum Gasteiger partial charge on any atom is -0.497 e. The quantitative estimate of drug-likeness (QED) is 0.773. The van der Waals surface area contributed by atoms with Crippen molar-refractivity contribution in [3.63, 3.8) is 0 Å². The Kier molecular flexibility index (Phi) is 3.85. The van der Waals surface area contributed by atoms with Crippen molar-refractivity contribution in [3.8, 4) is 11.5 Å². The van der Waals surface area contributed by atoms with Gasteiger partial charge in [-0.25, -0.2) is 4.98 Å². The van der Waals surface area contributed by atoms with Crippen LogP contribution in [0.1, 0.15) is 23.1 Å². The minimum atomic E-state index is -0.178. The number of aromatic nitrogens is 2. The Hall–Kier alpha value is -2.30. The highest BCUT2D eigenvalue weighted by Gasteiger charge is 2.19.